The molecule has 0 fully saturated rings. The lowest BCUT2D eigenvalue weighted by Crippen LogP contribution is -2.23. The SMILES string of the molecule is CCNC(C1=CCCCC1)c1cccc(C)c1. The van der Waals surface area contributed by atoms with Gasteiger partial charge in [0.15, 0.2) is 0 Å². The van der Waals surface area contributed by atoms with Crippen molar-refractivity contribution in [3.8, 4) is 0 Å². The van der Waals surface area contributed by atoms with Crippen molar-refractivity contribution < 1.29 is 0 Å². The molecule has 0 aromatic heterocycles. The van der Waals surface area contributed by atoms with Crippen LogP contribution in [0, 0.1) is 6.92 Å². The van der Waals surface area contributed by atoms with Crippen molar-refractivity contribution in [2.45, 2.75) is 45.6 Å². The fourth-order valence-corrected chi connectivity index (χ4v) is 2.64. The van der Waals surface area contributed by atoms with Gasteiger partial charge in [-0.05, 0) is 44.7 Å². The van der Waals surface area contributed by atoms with Crippen molar-refractivity contribution in [3.63, 3.8) is 0 Å². The van der Waals surface area contributed by atoms with Crippen LogP contribution in [0.15, 0.2) is 35.9 Å². The minimum atomic E-state index is 0.431. The van der Waals surface area contributed by atoms with E-state index in [9.17, 15) is 0 Å². The van der Waals surface area contributed by atoms with Crippen LogP contribution in [0.1, 0.15) is 49.8 Å². The molecule has 1 heteroatoms. The smallest absolute Gasteiger partial charge is 0.0536 e. The van der Waals surface area contributed by atoms with Crippen LogP contribution in [0.4, 0.5) is 0 Å². The highest BCUT2D eigenvalue weighted by molar-refractivity contribution is 5.32. The average molecular weight is 229 g/mol. The number of aryl methyl sites for hydroxylation is 1. The topological polar surface area (TPSA) is 12.0 Å². The first-order chi connectivity index (χ1) is 8.31. The molecule has 1 N–H and O–H groups in total. The van der Waals surface area contributed by atoms with Crippen LogP contribution in [0.3, 0.4) is 0 Å². The summed E-state index contributed by atoms with van der Waals surface area (Å²) in [5.41, 5.74) is 4.35. The molecule has 0 radical (unpaired) electrons. The van der Waals surface area contributed by atoms with E-state index in [1.807, 2.05) is 0 Å². The maximum Gasteiger partial charge on any atom is 0.0536 e. The van der Waals surface area contributed by atoms with E-state index in [1.165, 1.54) is 36.8 Å². The molecule has 1 nitrogen and oxygen atoms in total. The Morgan fingerprint density at radius 1 is 1.29 bits per heavy atom. The van der Waals surface area contributed by atoms with E-state index in [1.54, 1.807) is 5.57 Å². The summed E-state index contributed by atoms with van der Waals surface area (Å²) in [5, 5.41) is 3.63. The average Bonchev–Trinajstić information content (AvgIpc) is 2.37. The number of hydrogen-bond donors (Lipinski definition) is 1. The number of allylic oxidation sites excluding steroid dienone is 1. The Kier molecular flexibility index (Phi) is 4.38. The van der Waals surface area contributed by atoms with Crippen LogP contribution in [-0.2, 0) is 0 Å². The summed E-state index contributed by atoms with van der Waals surface area (Å²) in [6, 6.07) is 9.32. The standard InChI is InChI=1S/C16H23N/c1-3-17-16(14-9-5-4-6-10-14)15-11-7-8-13(2)12-15/h7-9,11-12,16-17H,3-6,10H2,1-2H3. The normalized spacial score (nSPS) is 17.6. The second-order valence-corrected chi connectivity index (χ2v) is 4.93. The van der Waals surface area contributed by atoms with E-state index < -0.39 is 0 Å². The Hall–Kier alpha value is -1.08. The number of nitrogens with one attached hydrogen (secondary N) is 1. The van der Waals surface area contributed by atoms with Crippen LogP contribution in [-0.4, -0.2) is 6.54 Å². The lowest BCUT2D eigenvalue weighted by molar-refractivity contribution is 0.563. The first kappa shape index (κ1) is 12.4. The second kappa shape index (κ2) is 6.02. The molecule has 1 unspecified atom stereocenters. The van der Waals surface area contributed by atoms with Crippen molar-refractivity contribution in [2.75, 3.05) is 6.54 Å². The van der Waals surface area contributed by atoms with Gasteiger partial charge in [-0.1, -0.05) is 48.4 Å². The zero-order chi connectivity index (χ0) is 12.1. The Morgan fingerprint density at radius 2 is 2.18 bits per heavy atom. The maximum absolute atomic E-state index is 3.63. The third-order valence-electron chi connectivity index (χ3n) is 3.48. The van der Waals surface area contributed by atoms with Gasteiger partial charge in [0.25, 0.3) is 0 Å². The lowest BCUT2D eigenvalue weighted by atomic mass is 9.89. The van der Waals surface area contributed by atoms with E-state index in [0.29, 0.717) is 6.04 Å². The van der Waals surface area contributed by atoms with Gasteiger partial charge in [0, 0.05) is 0 Å². The fourth-order valence-electron chi connectivity index (χ4n) is 2.64. The molecule has 0 saturated carbocycles. The molecule has 0 heterocycles. The first-order valence-electron chi connectivity index (χ1n) is 6.80. The quantitative estimate of drug-likeness (QED) is 0.765. The van der Waals surface area contributed by atoms with Gasteiger partial charge < -0.3 is 5.32 Å². The first-order valence-corrected chi connectivity index (χ1v) is 6.80. The molecule has 92 valence electrons. The van der Waals surface area contributed by atoms with E-state index >= 15 is 0 Å². The summed E-state index contributed by atoms with van der Waals surface area (Å²) >= 11 is 0. The molecule has 0 spiro atoms. The lowest BCUT2D eigenvalue weighted by Gasteiger charge is -2.24. The highest BCUT2D eigenvalue weighted by Gasteiger charge is 2.16. The van der Waals surface area contributed by atoms with Crippen LogP contribution in [0.25, 0.3) is 0 Å². The van der Waals surface area contributed by atoms with Crippen LogP contribution >= 0.6 is 0 Å². The van der Waals surface area contributed by atoms with Gasteiger partial charge in [0.1, 0.15) is 0 Å². The van der Waals surface area contributed by atoms with E-state index in [0.717, 1.165) is 6.54 Å². The van der Waals surface area contributed by atoms with Crippen LogP contribution in [0.2, 0.25) is 0 Å². The van der Waals surface area contributed by atoms with E-state index in [4.69, 9.17) is 0 Å². The summed E-state index contributed by atoms with van der Waals surface area (Å²) < 4.78 is 0. The zero-order valence-corrected chi connectivity index (χ0v) is 11.0. The molecule has 1 atom stereocenters. The predicted octanol–water partition coefficient (Wildman–Crippen LogP) is 4.15. The zero-order valence-electron chi connectivity index (χ0n) is 11.0. The molecular formula is C16H23N. The van der Waals surface area contributed by atoms with Gasteiger partial charge in [0.05, 0.1) is 6.04 Å². The minimum Gasteiger partial charge on any atom is -0.307 e. The van der Waals surface area contributed by atoms with Crippen molar-refractivity contribution >= 4 is 0 Å². The van der Waals surface area contributed by atoms with Crippen molar-refractivity contribution in [1.82, 2.24) is 5.32 Å². The van der Waals surface area contributed by atoms with E-state index in [-0.39, 0.29) is 0 Å². The molecule has 1 aromatic rings. The molecule has 2 rings (SSSR count). The maximum atomic E-state index is 3.63. The van der Waals surface area contributed by atoms with Crippen LogP contribution < -0.4 is 5.32 Å². The number of hydrogen-bond acceptors (Lipinski definition) is 1. The summed E-state index contributed by atoms with van der Waals surface area (Å²) in [6.07, 6.45) is 7.66. The second-order valence-electron chi connectivity index (χ2n) is 4.93. The van der Waals surface area contributed by atoms with Gasteiger partial charge >= 0.3 is 0 Å². The van der Waals surface area contributed by atoms with Crippen LogP contribution in [0.5, 0.6) is 0 Å². The number of likely N-dealkylation sites (N-methyl/N-ethyl adjacent to an activating group) is 1. The van der Waals surface area contributed by atoms with Gasteiger partial charge in [-0.25, -0.2) is 0 Å². The fraction of sp³-hybridized carbons (Fsp3) is 0.500. The third-order valence-corrected chi connectivity index (χ3v) is 3.48. The van der Waals surface area contributed by atoms with Gasteiger partial charge in [-0.3, -0.25) is 0 Å². The number of rotatable bonds is 4. The number of benzene rings is 1. The molecule has 1 aliphatic carbocycles. The Bertz CT molecular complexity index is 392. The summed E-state index contributed by atoms with van der Waals surface area (Å²) in [7, 11) is 0. The molecule has 1 aliphatic rings. The molecule has 0 bridgehead atoms. The summed E-state index contributed by atoms with van der Waals surface area (Å²) in [6.45, 7) is 5.38. The van der Waals surface area contributed by atoms with E-state index in [2.05, 4.69) is 49.5 Å². The van der Waals surface area contributed by atoms with Gasteiger partial charge in [0.2, 0.25) is 0 Å². The predicted molar refractivity (Wildman–Crippen MR) is 74.1 cm³/mol. The minimum absolute atomic E-state index is 0.431. The third kappa shape index (κ3) is 3.19. The highest BCUT2D eigenvalue weighted by atomic mass is 14.9. The summed E-state index contributed by atoms with van der Waals surface area (Å²) in [5.74, 6) is 0. The largest absolute Gasteiger partial charge is 0.307 e. The monoisotopic (exact) mass is 229 g/mol. The molecule has 0 saturated heterocycles. The summed E-state index contributed by atoms with van der Waals surface area (Å²) in [4.78, 5) is 0. The van der Waals surface area contributed by atoms with Gasteiger partial charge in [-0.15, -0.1) is 0 Å². The van der Waals surface area contributed by atoms with Gasteiger partial charge in [-0.2, -0.15) is 0 Å². The Morgan fingerprint density at radius 3 is 2.82 bits per heavy atom. The Balaban J connectivity index is 2.24. The molecule has 0 amide bonds. The van der Waals surface area contributed by atoms with Crippen molar-refractivity contribution in [2.24, 2.45) is 0 Å². The molecule has 17 heavy (non-hydrogen) atoms. The molecular weight excluding hydrogens is 206 g/mol. The van der Waals surface area contributed by atoms with Crippen molar-refractivity contribution in [3.05, 3.63) is 47.0 Å². The molecule has 0 aliphatic heterocycles. The highest BCUT2D eigenvalue weighted by Crippen LogP contribution is 2.30. The van der Waals surface area contributed by atoms with Crippen molar-refractivity contribution in [1.29, 1.82) is 0 Å². The molecule has 1 aromatic carbocycles. The Labute approximate surface area is 105 Å².